The molecule has 0 fully saturated rings. The van der Waals surface area contributed by atoms with E-state index in [1.165, 1.54) is 6.07 Å². The molecule has 0 aliphatic heterocycles. The molecule has 1 atom stereocenters. The Morgan fingerprint density at radius 3 is 2.56 bits per heavy atom. The van der Waals surface area contributed by atoms with Gasteiger partial charge < -0.3 is 5.11 Å². The second-order valence-corrected chi connectivity index (χ2v) is 4.67. The molecule has 0 bridgehead atoms. The molecule has 0 saturated carbocycles. The van der Waals surface area contributed by atoms with E-state index < -0.39 is 6.10 Å². The van der Waals surface area contributed by atoms with Crippen molar-refractivity contribution in [3.63, 3.8) is 0 Å². The number of aliphatic hydroxyl groups excluding tert-OH is 1. The number of benzene rings is 2. The molecule has 0 amide bonds. The van der Waals surface area contributed by atoms with Crippen molar-refractivity contribution in [3.8, 4) is 0 Å². The monoisotopic (exact) mass is 244 g/mol. The highest BCUT2D eigenvalue weighted by molar-refractivity contribution is 5.30. The molecule has 0 aliphatic rings. The van der Waals surface area contributed by atoms with Crippen molar-refractivity contribution in [2.75, 3.05) is 0 Å². The zero-order valence-electron chi connectivity index (χ0n) is 10.7. The van der Waals surface area contributed by atoms with Crippen LogP contribution in [0.3, 0.4) is 0 Å². The third-order valence-corrected chi connectivity index (χ3v) is 3.19. The van der Waals surface area contributed by atoms with Gasteiger partial charge in [-0.1, -0.05) is 42.0 Å². The highest BCUT2D eigenvalue weighted by atomic mass is 19.1. The van der Waals surface area contributed by atoms with E-state index in [1.54, 1.807) is 12.1 Å². The molecule has 1 unspecified atom stereocenters. The van der Waals surface area contributed by atoms with Gasteiger partial charge in [0.25, 0.3) is 0 Å². The average Bonchev–Trinajstić information content (AvgIpc) is 2.35. The maximum Gasteiger partial charge on any atom is 0.129 e. The van der Waals surface area contributed by atoms with Crippen molar-refractivity contribution in [2.24, 2.45) is 0 Å². The predicted octanol–water partition coefficient (Wildman–Crippen LogP) is 3.72. The number of halogens is 1. The van der Waals surface area contributed by atoms with Crippen molar-refractivity contribution < 1.29 is 9.50 Å². The summed E-state index contributed by atoms with van der Waals surface area (Å²) in [6.45, 7) is 3.89. The fourth-order valence-electron chi connectivity index (χ4n) is 2.08. The molecule has 18 heavy (non-hydrogen) atoms. The topological polar surface area (TPSA) is 20.2 Å². The molecular weight excluding hydrogens is 227 g/mol. The molecule has 1 nitrogen and oxygen atoms in total. The lowest BCUT2D eigenvalue weighted by Gasteiger charge is -2.14. The van der Waals surface area contributed by atoms with Crippen molar-refractivity contribution in [1.82, 2.24) is 0 Å². The quantitative estimate of drug-likeness (QED) is 0.872. The van der Waals surface area contributed by atoms with Gasteiger partial charge in [0.05, 0.1) is 6.10 Å². The van der Waals surface area contributed by atoms with Crippen LogP contribution in [0.5, 0.6) is 0 Å². The Morgan fingerprint density at radius 1 is 1.11 bits per heavy atom. The summed E-state index contributed by atoms with van der Waals surface area (Å²) in [6, 6.07) is 12.7. The summed E-state index contributed by atoms with van der Waals surface area (Å²) in [5.41, 5.74) is 3.49. The van der Waals surface area contributed by atoms with E-state index >= 15 is 0 Å². The number of hydrogen-bond acceptors (Lipinski definition) is 1. The molecule has 2 rings (SSSR count). The highest BCUT2D eigenvalue weighted by Crippen LogP contribution is 2.23. The van der Waals surface area contributed by atoms with Crippen LogP contribution in [-0.4, -0.2) is 5.11 Å². The zero-order valence-corrected chi connectivity index (χ0v) is 10.7. The molecule has 0 aromatic heterocycles. The minimum absolute atomic E-state index is 0.346. The van der Waals surface area contributed by atoms with E-state index in [1.807, 2.05) is 38.1 Å². The molecule has 0 aliphatic carbocycles. The van der Waals surface area contributed by atoms with Gasteiger partial charge in [-0.2, -0.15) is 0 Å². The van der Waals surface area contributed by atoms with Crippen LogP contribution in [0.4, 0.5) is 4.39 Å². The van der Waals surface area contributed by atoms with Crippen molar-refractivity contribution in [3.05, 3.63) is 70.5 Å². The van der Waals surface area contributed by atoms with Gasteiger partial charge in [0.2, 0.25) is 0 Å². The first kappa shape index (κ1) is 12.8. The summed E-state index contributed by atoms with van der Waals surface area (Å²) in [4.78, 5) is 0. The molecule has 0 radical (unpaired) electrons. The van der Waals surface area contributed by atoms with Crippen LogP contribution in [-0.2, 0) is 6.42 Å². The Morgan fingerprint density at radius 2 is 1.83 bits per heavy atom. The van der Waals surface area contributed by atoms with Crippen LogP contribution in [0.15, 0.2) is 42.5 Å². The lowest BCUT2D eigenvalue weighted by Crippen LogP contribution is -2.05. The molecule has 0 saturated heterocycles. The van der Waals surface area contributed by atoms with Gasteiger partial charge in [-0.25, -0.2) is 4.39 Å². The summed E-state index contributed by atoms with van der Waals surface area (Å²) >= 11 is 0. The average molecular weight is 244 g/mol. The normalized spacial score (nSPS) is 12.4. The van der Waals surface area contributed by atoms with E-state index in [4.69, 9.17) is 0 Å². The number of rotatable bonds is 3. The molecule has 94 valence electrons. The largest absolute Gasteiger partial charge is 0.388 e. The second-order valence-electron chi connectivity index (χ2n) is 4.67. The molecule has 0 heterocycles. The third kappa shape index (κ3) is 2.77. The van der Waals surface area contributed by atoms with Gasteiger partial charge >= 0.3 is 0 Å². The van der Waals surface area contributed by atoms with Crippen LogP contribution < -0.4 is 0 Å². The Labute approximate surface area is 107 Å². The fraction of sp³-hybridized carbons (Fsp3) is 0.250. The maximum atomic E-state index is 13.7. The van der Waals surface area contributed by atoms with E-state index in [2.05, 4.69) is 0 Å². The van der Waals surface area contributed by atoms with Gasteiger partial charge in [0.1, 0.15) is 5.82 Å². The molecule has 1 N–H and O–H groups in total. The first-order valence-corrected chi connectivity index (χ1v) is 6.06. The minimum atomic E-state index is -0.800. The minimum Gasteiger partial charge on any atom is -0.388 e. The summed E-state index contributed by atoms with van der Waals surface area (Å²) < 4.78 is 13.7. The first-order valence-electron chi connectivity index (χ1n) is 6.06. The first-order chi connectivity index (χ1) is 8.58. The second kappa shape index (κ2) is 5.32. The number of aryl methyl sites for hydroxylation is 2. The maximum absolute atomic E-state index is 13.7. The van der Waals surface area contributed by atoms with Crippen LogP contribution in [0.25, 0.3) is 0 Å². The summed E-state index contributed by atoms with van der Waals surface area (Å²) in [5, 5.41) is 10.2. The van der Waals surface area contributed by atoms with Crippen LogP contribution in [0.2, 0.25) is 0 Å². The number of aliphatic hydroxyl groups is 1. The van der Waals surface area contributed by atoms with Crippen molar-refractivity contribution >= 4 is 0 Å². The van der Waals surface area contributed by atoms with Crippen LogP contribution in [0, 0.1) is 19.7 Å². The Balaban J connectivity index is 2.25. The Bertz CT molecular complexity index is 549. The fourth-order valence-corrected chi connectivity index (χ4v) is 2.08. The third-order valence-electron chi connectivity index (χ3n) is 3.19. The van der Waals surface area contributed by atoms with Gasteiger partial charge in [0, 0.05) is 12.0 Å². The molecule has 0 spiro atoms. The predicted molar refractivity (Wildman–Crippen MR) is 71.0 cm³/mol. The Kier molecular flexibility index (Phi) is 3.78. The molecule has 2 aromatic carbocycles. The van der Waals surface area contributed by atoms with E-state index in [0.717, 1.165) is 16.7 Å². The van der Waals surface area contributed by atoms with Gasteiger partial charge in [-0.05, 0) is 31.0 Å². The SMILES string of the molecule is Cc1ccc(F)c(C(O)Cc2ccccc2C)c1. The van der Waals surface area contributed by atoms with Gasteiger partial charge in [-0.3, -0.25) is 0 Å². The van der Waals surface area contributed by atoms with Crippen LogP contribution in [0.1, 0.15) is 28.4 Å². The van der Waals surface area contributed by atoms with Gasteiger partial charge in [0.15, 0.2) is 0 Å². The van der Waals surface area contributed by atoms with Crippen molar-refractivity contribution in [2.45, 2.75) is 26.4 Å². The van der Waals surface area contributed by atoms with Crippen molar-refractivity contribution in [1.29, 1.82) is 0 Å². The van der Waals surface area contributed by atoms with Gasteiger partial charge in [-0.15, -0.1) is 0 Å². The van der Waals surface area contributed by atoms with E-state index in [0.29, 0.717) is 12.0 Å². The summed E-state index contributed by atoms with van der Waals surface area (Å²) in [5.74, 6) is -0.346. The van der Waals surface area contributed by atoms with Crippen LogP contribution >= 0.6 is 0 Å². The smallest absolute Gasteiger partial charge is 0.129 e. The number of hydrogen-bond donors (Lipinski definition) is 1. The lowest BCUT2D eigenvalue weighted by atomic mass is 9.97. The summed E-state index contributed by atoms with van der Waals surface area (Å²) in [6.07, 6.45) is -0.362. The molecular formula is C16H17FO. The Hall–Kier alpha value is -1.67. The van der Waals surface area contributed by atoms with E-state index in [9.17, 15) is 9.50 Å². The highest BCUT2D eigenvalue weighted by Gasteiger charge is 2.14. The standard InChI is InChI=1S/C16H17FO/c1-11-7-8-15(17)14(9-11)16(18)10-13-6-4-3-5-12(13)2/h3-9,16,18H,10H2,1-2H3. The van der Waals surface area contributed by atoms with E-state index in [-0.39, 0.29) is 5.82 Å². The lowest BCUT2D eigenvalue weighted by molar-refractivity contribution is 0.173. The molecule has 2 aromatic rings. The zero-order chi connectivity index (χ0) is 13.1. The summed E-state index contributed by atoms with van der Waals surface area (Å²) in [7, 11) is 0. The molecule has 2 heteroatoms.